The van der Waals surface area contributed by atoms with E-state index in [-0.39, 0.29) is 0 Å². The highest BCUT2D eigenvalue weighted by Gasteiger charge is 2.54. The van der Waals surface area contributed by atoms with Gasteiger partial charge >= 0.3 is 5.97 Å². The first-order valence-electron chi connectivity index (χ1n) is 5.45. The molecule has 6 heteroatoms. The van der Waals surface area contributed by atoms with E-state index >= 15 is 0 Å². The van der Waals surface area contributed by atoms with Crippen molar-refractivity contribution in [2.45, 2.75) is 18.3 Å². The topological polar surface area (TPSA) is 63.1 Å². The van der Waals surface area contributed by atoms with Crippen LogP contribution in [0.1, 0.15) is 17.8 Å². The van der Waals surface area contributed by atoms with E-state index in [2.05, 4.69) is 26.1 Å². The molecular weight excluding hydrogens is 316 g/mol. The lowest BCUT2D eigenvalue weighted by Gasteiger charge is -2.02. The third-order valence-corrected chi connectivity index (χ3v) is 4.79. The molecule has 92 valence electrons. The average molecular weight is 325 g/mol. The number of aromatic nitrogens is 2. The highest BCUT2D eigenvalue weighted by Crippen LogP contribution is 2.50. The van der Waals surface area contributed by atoms with E-state index in [1.54, 1.807) is 0 Å². The zero-order valence-corrected chi connectivity index (χ0v) is 11.7. The summed E-state index contributed by atoms with van der Waals surface area (Å²) in [7, 11) is 0. The fourth-order valence-electron chi connectivity index (χ4n) is 1.77. The quantitative estimate of drug-likeness (QED) is 0.942. The number of hydrogen-bond acceptors (Lipinski definition) is 4. The van der Waals surface area contributed by atoms with E-state index < -0.39 is 11.4 Å². The molecule has 1 fully saturated rings. The van der Waals surface area contributed by atoms with Crippen molar-refractivity contribution in [3.05, 3.63) is 33.7 Å². The maximum Gasteiger partial charge on any atom is 0.316 e. The number of hydrogen-bond donors (Lipinski definition) is 1. The Bertz CT molecular complexity index is 605. The second-order valence-electron chi connectivity index (χ2n) is 4.31. The van der Waals surface area contributed by atoms with Crippen LogP contribution in [-0.2, 0) is 10.2 Å². The molecule has 1 saturated carbocycles. The number of rotatable bonds is 3. The highest BCUT2D eigenvalue weighted by molar-refractivity contribution is 9.10. The number of halogens is 1. The minimum atomic E-state index is -0.791. The van der Waals surface area contributed by atoms with Crippen molar-refractivity contribution in [2.24, 2.45) is 0 Å². The summed E-state index contributed by atoms with van der Waals surface area (Å²) >= 11 is 4.74. The Balaban J connectivity index is 1.95. The van der Waals surface area contributed by atoms with Crippen LogP contribution in [0.15, 0.2) is 28.7 Å². The molecule has 1 aliphatic carbocycles. The van der Waals surface area contributed by atoms with Crippen LogP contribution in [0.25, 0.3) is 10.6 Å². The first-order chi connectivity index (χ1) is 8.62. The fraction of sp³-hybridized carbons (Fsp3) is 0.250. The van der Waals surface area contributed by atoms with Gasteiger partial charge in [-0.2, -0.15) is 0 Å². The lowest BCUT2D eigenvalue weighted by atomic mass is 10.1. The summed E-state index contributed by atoms with van der Waals surface area (Å²) in [6, 6.07) is 7.74. The van der Waals surface area contributed by atoms with Gasteiger partial charge in [0.2, 0.25) is 0 Å². The Labute approximate surface area is 116 Å². The predicted molar refractivity (Wildman–Crippen MR) is 71.6 cm³/mol. The summed E-state index contributed by atoms with van der Waals surface area (Å²) in [5.74, 6) is -0.791. The van der Waals surface area contributed by atoms with Gasteiger partial charge in [0.1, 0.15) is 15.4 Å². The molecule has 3 rings (SSSR count). The summed E-state index contributed by atoms with van der Waals surface area (Å²) < 4.78 is 1.00. The van der Waals surface area contributed by atoms with Crippen molar-refractivity contribution in [1.82, 2.24) is 10.2 Å². The van der Waals surface area contributed by atoms with Gasteiger partial charge in [-0.1, -0.05) is 39.4 Å². The van der Waals surface area contributed by atoms with Gasteiger partial charge in [0.05, 0.1) is 0 Å². The molecule has 18 heavy (non-hydrogen) atoms. The summed E-state index contributed by atoms with van der Waals surface area (Å²) in [6.45, 7) is 0. The standard InChI is InChI=1S/C12H9BrN2O2S/c13-8-3-1-7(2-4-8)9-14-15-10(18-9)12(5-6-12)11(16)17/h1-4H,5-6H2,(H,16,17). The van der Waals surface area contributed by atoms with E-state index in [4.69, 9.17) is 0 Å². The summed E-state index contributed by atoms with van der Waals surface area (Å²) in [5, 5.41) is 18.7. The average Bonchev–Trinajstić information content (AvgIpc) is 3.03. The van der Waals surface area contributed by atoms with Gasteiger partial charge < -0.3 is 5.11 Å². The molecular formula is C12H9BrN2O2S. The molecule has 1 aromatic carbocycles. The molecule has 0 aliphatic heterocycles. The van der Waals surface area contributed by atoms with Crippen LogP contribution >= 0.6 is 27.3 Å². The second kappa shape index (κ2) is 4.13. The Kier molecular flexibility index (Phi) is 2.71. The Morgan fingerprint density at radius 2 is 1.94 bits per heavy atom. The van der Waals surface area contributed by atoms with Crippen molar-refractivity contribution in [3.8, 4) is 10.6 Å². The number of carboxylic acid groups (broad SMARTS) is 1. The van der Waals surface area contributed by atoms with Crippen LogP contribution < -0.4 is 0 Å². The fourth-order valence-corrected chi connectivity index (χ4v) is 3.12. The molecule has 0 atom stereocenters. The molecule has 1 N–H and O–H groups in total. The minimum Gasteiger partial charge on any atom is -0.481 e. The van der Waals surface area contributed by atoms with Crippen LogP contribution in [0.4, 0.5) is 0 Å². The van der Waals surface area contributed by atoms with Gasteiger partial charge in [0.15, 0.2) is 0 Å². The van der Waals surface area contributed by atoms with Gasteiger partial charge in [-0.15, -0.1) is 10.2 Å². The molecule has 4 nitrogen and oxygen atoms in total. The van der Waals surface area contributed by atoms with Gasteiger partial charge in [-0.05, 0) is 25.0 Å². The van der Waals surface area contributed by atoms with Gasteiger partial charge in [-0.25, -0.2) is 0 Å². The first kappa shape index (κ1) is 11.8. The second-order valence-corrected chi connectivity index (χ2v) is 6.20. The van der Waals surface area contributed by atoms with Crippen LogP contribution in [0, 0.1) is 0 Å². The lowest BCUT2D eigenvalue weighted by molar-refractivity contribution is -0.140. The number of aliphatic carboxylic acids is 1. The highest BCUT2D eigenvalue weighted by atomic mass is 79.9. The molecule has 2 aromatic rings. The monoisotopic (exact) mass is 324 g/mol. The Hall–Kier alpha value is -1.27. The zero-order chi connectivity index (χ0) is 12.8. The summed E-state index contributed by atoms with van der Waals surface area (Å²) in [4.78, 5) is 11.2. The van der Waals surface area contributed by atoms with Crippen LogP contribution in [-0.4, -0.2) is 21.3 Å². The molecule has 1 aliphatic rings. The smallest absolute Gasteiger partial charge is 0.316 e. The summed E-state index contributed by atoms with van der Waals surface area (Å²) in [5.41, 5.74) is 0.203. The third-order valence-electron chi connectivity index (χ3n) is 3.08. The molecule has 0 radical (unpaired) electrons. The van der Waals surface area contributed by atoms with Crippen molar-refractivity contribution >= 4 is 33.2 Å². The molecule has 0 bridgehead atoms. The molecule has 0 spiro atoms. The van der Waals surface area contributed by atoms with Crippen molar-refractivity contribution in [3.63, 3.8) is 0 Å². The number of carbonyl (C=O) groups is 1. The maximum atomic E-state index is 11.2. The molecule has 0 unspecified atom stereocenters. The minimum absolute atomic E-state index is 0.618. The first-order valence-corrected chi connectivity index (χ1v) is 7.06. The lowest BCUT2D eigenvalue weighted by Crippen LogP contribution is -2.19. The summed E-state index contributed by atoms with van der Waals surface area (Å²) in [6.07, 6.45) is 1.33. The van der Waals surface area contributed by atoms with Crippen molar-refractivity contribution in [1.29, 1.82) is 0 Å². The maximum absolute atomic E-state index is 11.2. The van der Waals surface area contributed by atoms with Crippen LogP contribution in [0.2, 0.25) is 0 Å². The third kappa shape index (κ3) is 1.85. The number of nitrogens with zero attached hydrogens (tertiary/aromatic N) is 2. The van der Waals surface area contributed by atoms with Gasteiger partial charge in [-0.3, -0.25) is 4.79 Å². The molecule has 1 aromatic heterocycles. The molecule has 0 saturated heterocycles. The van der Waals surface area contributed by atoms with Crippen molar-refractivity contribution < 1.29 is 9.90 Å². The zero-order valence-electron chi connectivity index (χ0n) is 9.26. The van der Waals surface area contributed by atoms with Crippen molar-refractivity contribution in [2.75, 3.05) is 0 Å². The van der Waals surface area contributed by atoms with Gasteiger partial charge in [0.25, 0.3) is 0 Å². The van der Waals surface area contributed by atoms with E-state index in [0.29, 0.717) is 17.8 Å². The Morgan fingerprint density at radius 1 is 1.28 bits per heavy atom. The number of benzene rings is 1. The van der Waals surface area contributed by atoms with E-state index in [1.165, 1.54) is 11.3 Å². The van der Waals surface area contributed by atoms with Crippen LogP contribution in [0.3, 0.4) is 0 Å². The van der Waals surface area contributed by atoms with E-state index in [0.717, 1.165) is 15.0 Å². The molecule has 0 amide bonds. The number of carboxylic acids is 1. The molecule has 1 heterocycles. The van der Waals surface area contributed by atoms with E-state index in [9.17, 15) is 9.90 Å². The van der Waals surface area contributed by atoms with E-state index in [1.807, 2.05) is 24.3 Å². The largest absolute Gasteiger partial charge is 0.481 e. The predicted octanol–water partition coefficient (Wildman–Crippen LogP) is 3.08. The van der Waals surface area contributed by atoms with Crippen LogP contribution in [0.5, 0.6) is 0 Å². The Morgan fingerprint density at radius 3 is 2.50 bits per heavy atom. The van der Waals surface area contributed by atoms with Gasteiger partial charge in [0, 0.05) is 10.0 Å². The SMILES string of the molecule is O=C(O)C1(c2nnc(-c3ccc(Br)cc3)s2)CC1. The normalized spacial score (nSPS) is 16.5.